The molecule has 1 aromatic carbocycles. The molecule has 2 amide bonds. The van der Waals surface area contributed by atoms with E-state index in [1.807, 2.05) is 0 Å². The highest BCUT2D eigenvalue weighted by atomic mass is 16.5. The second kappa shape index (κ2) is 9.30. The number of amides is 2. The third-order valence-electron chi connectivity index (χ3n) is 4.19. The van der Waals surface area contributed by atoms with Crippen LogP contribution in [0.3, 0.4) is 0 Å². The van der Waals surface area contributed by atoms with E-state index in [1.54, 1.807) is 31.4 Å². The molecule has 0 bridgehead atoms. The van der Waals surface area contributed by atoms with E-state index in [2.05, 4.69) is 10.6 Å². The summed E-state index contributed by atoms with van der Waals surface area (Å²) in [5.41, 5.74) is 1.33. The molecular weight excluding hydrogens is 292 g/mol. The zero-order valence-electron chi connectivity index (χ0n) is 13.8. The van der Waals surface area contributed by atoms with Crippen LogP contribution in [-0.4, -0.2) is 32.1 Å². The van der Waals surface area contributed by atoms with Crippen molar-refractivity contribution in [3.8, 4) is 0 Å². The fourth-order valence-electron chi connectivity index (χ4n) is 2.91. The summed E-state index contributed by atoms with van der Waals surface area (Å²) >= 11 is 0. The highest BCUT2D eigenvalue weighted by molar-refractivity contribution is 5.95. The first-order valence-corrected chi connectivity index (χ1v) is 8.36. The van der Waals surface area contributed by atoms with E-state index in [0.29, 0.717) is 31.1 Å². The van der Waals surface area contributed by atoms with Crippen molar-refractivity contribution in [1.29, 1.82) is 0 Å². The molecule has 5 heteroatoms. The summed E-state index contributed by atoms with van der Waals surface area (Å²) in [4.78, 5) is 23.9. The molecule has 0 unspecified atom stereocenters. The molecule has 0 heterocycles. The molecule has 0 saturated heterocycles. The Morgan fingerprint density at radius 2 is 1.87 bits per heavy atom. The maximum atomic E-state index is 12.0. The van der Waals surface area contributed by atoms with E-state index in [4.69, 9.17) is 4.74 Å². The predicted molar refractivity (Wildman–Crippen MR) is 90.5 cm³/mol. The summed E-state index contributed by atoms with van der Waals surface area (Å²) in [6.45, 7) is 1.22. The minimum atomic E-state index is -0.107. The Hall–Kier alpha value is -1.88. The number of carbonyl (C=O) groups excluding carboxylic acids is 2. The number of hydrogen-bond acceptors (Lipinski definition) is 3. The Labute approximate surface area is 137 Å². The van der Waals surface area contributed by atoms with E-state index in [9.17, 15) is 9.59 Å². The zero-order valence-corrected chi connectivity index (χ0v) is 13.8. The number of hydrogen-bond donors (Lipinski definition) is 2. The largest absolute Gasteiger partial charge is 0.385 e. The van der Waals surface area contributed by atoms with Gasteiger partial charge in [0.2, 0.25) is 5.91 Å². The molecule has 0 aromatic heterocycles. The monoisotopic (exact) mass is 318 g/mol. The first kappa shape index (κ1) is 17.5. The Balaban J connectivity index is 1.76. The van der Waals surface area contributed by atoms with Gasteiger partial charge in [-0.3, -0.25) is 9.59 Å². The molecule has 126 valence electrons. The van der Waals surface area contributed by atoms with Gasteiger partial charge in [0, 0.05) is 37.9 Å². The van der Waals surface area contributed by atoms with Gasteiger partial charge in [0.05, 0.1) is 0 Å². The molecule has 0 radical (unpaired) electrons. The molecule has 2 N–H and O–H groups in total. The van der Waals surface area contributed by atoms with E-state index in [0.717, 1.165) is 24.9 Å². The fourth-order valence-corrected chi connectivity index (χ4v) is 2.91. The third kappa shape index (κ3) is 6.02. The van der Waals surface area contributed by atoms with Gasteiger partial charge in [0.1, 0.15) is 0 Å². The summed E-state index contributed by atoms with van der Waals surface area (Å²) in [7, 11) is 1.64. The SMILES string of the molecule is COCCCNC(=O)c1ccc(NC(=O)CC2CCCC2)cc1. The highest BCUT2D eigenvalue weighted by Crippen LogP contribution is 2.27. The Bertz CT molecular complexity index is 508. The first-order chi connectivity index (χ1) is 11.2. The summed E-state index contributed by atoms with van der Waals surface area (Å²) < 4.78 is 4.94. The normalized spacial score (nSPS) is 14.7. The van der Waals surface area contributed by atoms with Gasteiger partial charge in [-0.15, -0.1) is 0 Å². The van der Waals surface area contributed by atoms with Crippen molar-refractivity contribution in [3.63, 3.8) is 0 Å². The maximum absolute atomic E-state index is 12.0. The van der Waals surface area contributed by atoms with Crippen molar-refractivity contribution in [1.82, 2.24) is 5.32 Å². The summed E-state index contributed by atoms with van der Waals surface area (Å²) in [6.07, 6.45) is 6.20. The number of rotatable bonds is 8. The van der Waals surface area contributed by atoms with Crippen LogP contribution >= 0.6 is 0 Å². The lowest BCUT2D eigenvalue weighted by Crippen LogP contribution is -2.25. The Morgan fingerprint density at radius 3 is 2.52 bits per heavy atom. The molecule has 1 aromatic rings. The highest BCUT2D eigenvalue weighted by Gasteiger charge is 2.18. The standard InChI is InChI=1S/C18H26N2O3/c1-23-12-4-11-19-18(22)15-7-9-16(10-8-15)20-17(21)13-14-5-2-3-6-14/h7-10,14H,2-6,11-13H2,1H3,(H,19,22)(H,20,21). The molecule has 0 atom stereocenters. The van der Waals surface area contributed by atoms with Crippen LogP contribution < -0.4 is 10.6 Å². The van der Waals surface area contributed by atoms with Crippen LogP contribution in [0.4, 0.5) is 5.69 Å². The van der Waals surface area contributed by atoms with Crippen molar-refractivity contribution in [2.24, 2.45) is 5.92 Å². The number of benzene rings is 1. The molecule has 1 saturated carbocycles. The smallest absolute Gasteiger partial charge is 0.251 e. The van der Waals surface area contributed by atoms with Crippen molar-refractivity contribution in [3.05, 3.63) is 29.8 Å². The number of ether oxygens (including phenoxy) is 1. The fraction of sp³-hybridized carbons (Fsp3) is 0.556. The second-order valence-corrected chi connectivity index (χ2v) is 6.08. The summed E-state index contributed by atoms with van der Waals surface area (Å²) in [5.74, 6) is 0.491. The quantitative estimate of drug-likeness (QED) is 0.724. The van der Waals surface area contributed by atoms with Gasteiger partial charge in [-0.25, -0.2) is 0 Å². The van der Waals surface area contributed by atoms with Gasteiger partial charge in [-0.1, -0.05) is 12.8 Å². The van der Waals surface area contributed by atoms with Crippen molar-refractivity contribution >= 4 is 17.5 Å². The van der Waals surface area contributed by atoms with E-state index in [-0.39, 0.29) is 11.8 Å². The second-order valence-electron chi connectivity index (χ2n) is 6.08. The van der Waals surface area contributed by atoms with Crippen LogP contribution in [0.2, 0.25) is 0 Å². The van der Waals surface area contributed by atoms with Crippen LogP contribution in [0.1, 0.15) is 48.9 Å². The molecule has 23 heavy (non-hydrogen) atoms. The molecule has 1 aliphatic rings. The molecule has 5 nitrogen and oxygen atoms in total. The van der Waals surface area contributed by atoms with Gasteiger partial charge < -0.3 is 15.4 Å². The van der Waals surface area contributed by atoms with Crippen LogP contribution in [-0.2, 0) is 9.53 Å². The lowest BCUT2D eigenvalue weighted by Gasteiger charge is -2.10. The maximum Gasteiger partial charge on any atom is 0.251 e. The average molecular weight is 318 g/mol. The Morgan fingerprint density at radius 1 is 1.17 bits per heavy atom. The third-order valence-corrected chi connectivity index (χ3v) is 4.19. The molecule has 1 aliphatic carbocycles. The topological polar surface area (TPSA) is 67.4 Å². The van der Waals surface area contributed by atoms with Crippen molar-refractivity contribution < 1.29 is 14.3 Å². The van der Waals surface area contributed by atoms with Crippen molar-refractivity contribution in [2.45, 2.75) is 38.5 Å². The van der Waals surface area contributed by atoms with Crippen molar-refractivity contribution in [2.75, 3.05) is 25.6 Å². The molecule has 2 rings (SSSR count). The van der Waals surface area contributed by atoms with Crippen LogP contribution in [0.15, 0.2) is 24.3 Å². The molecule has 1 fully saturated rings. The minimum Gasteiger partial charge on any atom is -0.385 e. The van der Waals surface area contributed by atoms with Gasteiger partial charge >= 0.3 is 0 Å². The lowest BCUT2D eigenvalue weighted by molar-refractivity contribution is -0.117. The zero-order chi connectivity index (χ0) is 16.5. The van der Waals surface area contributed by atoms with Crippen LogP contribution in [0, 0.1) is 5.92 Å². The van der Waals surface area contributed by atoms with Gasteiger partial charge in [-0.05, 0) is 49.4 Å². The average Bonchev–Trinajstić information content (AvgIpc) is 3.05. The number of methoxy groups -OCH3 is 1. The molecular formula is C18H26N2O3. The van der Waals surface area contributed by atoms with E-state index < -0.39 is 0 Å². The molecule has 0 spiro atoms. The Kier molecular flexibility index (Phi) is 7.07. The first-order valence-electron chi connectivity index (χ1n) is 8.36. The predicted octanol–water partition coefficient (Wildman–Crippen LogP) is 2.97. The van der Waals surface area contributed by atoms with Gasteiger partial charge in [-0.2, -0.15) is 0 Å². The minimum absolute atomic E-state index is 0.0636. The van der Waals surface area contributed by atoms with E-state index in [1.165, 1.54) is 12.8 Å². The summed E-state index contributed by atoms with van der Waals surface area (Å²) in [5, 5.41) is 5.74. The van der Waals surface area contributed by atoms with Gasteiger partial charge in [0.15, 0.2) is 0 Å². The molecule has 0 aliphatic heterocycles. The lowest BCUT2D eigenvalue weighted by atomic mass is 10.0. The van der Waals surface area contributed by atoms with Crippen LogP contribution in [0.5, 0.6) is 0 Å². The number of nitrogens with one attached hydrogen (secondary N) is 2. The number of anilines is 1. The van der Waals surface area contributed by atoms with E-state index >= 15 is 0 Å². The van der Waals surface area contributed by atoms with Crippen LogP contribution in [0.25, 0.3) is 0 Å². The number of carbonyl (C=O) groups is 2. The van der Waals surface area contributed by atoms with Gasteiger partial charge in [0.25, 0.3) is 5.91 Å². The summed E-state index contributed by atoms with van der Waals surface area (Å²) in [6, 6.07) is 7.01.